The smallest absolute Gasteiger partial charge is 0.332 e. The van der Waals surface area contributed by atoms with Crippen LogP contribution in [-0.4, -0.2) is 37.2 Å². The number of methoxy groups -OCH3 is 1. The molecular weight excluding hydrogens is 288 g/mol. The van der Waals surface area contributed by atoms with Gasteiger partial charge in [0, 0.05) is 11.8 Å². The van der Waals surface area contributed by atoms with Crippen molar-refractivity contribution >= 4 is 17.8 Å². The van der Waals surface area contributed by atoms with E-state index < -0.39 is 11.9 Å². The van der Waals surface area contributed by atoms with Crippen LogP contribution in [0.15, 0.2) is 30.1 Å². The highest BCUT2D eigenvalue weighted by Crippen LogP contribution is 2.14. The highest BCUT2D eigenvalue weighted by atomic mass is 16.5. The van der Waals surface area contributed by atoms with E-state index in [0.29, 0.717) is 17.3 Å². The Kier molecular flexibility index (Phi) is 7.45. The van der Waals surface area contributed by atoms with Crippen molar-refractivity contribution in [2.24, 2.45) is 0 Å². The van der Waals surface area contributed by atoms with Crippen LogP contribution >= 0.6 is 0 Å². The lowest BCUT2D eigenvalue weighted by Crippen LogP contribution is -2.13. The number of rotatable bonds is 8. The lowest BCUT2D eigenvalue weighted by molar-refractivity contribution is -0.142. The highest BCUT2D eigenvalue weighted by molar-refractivity contribution is 5.85. The molecule has 0 aliphatic rings. The van der Waals surface area contributed by atoms with Crippen LogP contribution in [0.4, 0.5) is 5.82 Å². The molecule has 0 atom stereocenters. The van der Waals surface area contributed by atoms with Gasteiger partial charge in [-0.15, -0.1) is 0 Å². The van der Waals surface area contributed by atoms with E-state index in [2.05, 4.69) is 10.3 Å². The third-order valence-electron chi connectivity index (χ3n) is 2.48. The molecule has 0 saturated carbocycles. The van der Waals surface area contributed by atoms with Gasteiger partial charge in [0.1, 0.15) is 11.6 Å². The van der Waals surface area contributed by atoms with Gasteiger partial charge in [-0.3, -0.25) is 4.79 Å². The van der Waals surface area contributed by atoms with Gasteiger partial charge >= 0.3 is 11.9 Å². The number of hydrogen-bond donors (Lipinski definition) is 1. The first-order valence-electron chi connectivity index (χ1n) is 6.89. The van der Waals surface area contributed by atoms with Crippen molar-refractivity contribution in [3.63, 3.8) is 0 Å². The topological polar surface area (TPSA) is 86.8 Å². The molecule has 1 rings (SSSR count). The second kappa shape index (κ2) is 9.38. The Morgan fingerprint density at radius 2 is 1.95 bits per heavy atom. The molecule has 22 heavy (non-hydrogen) atoms. The fraction of sp³-hybridized carbons (Fsp3) is 0.400. The maximum Gasteiger partial charge on any atom is 0.332 e. The molecule has 0 fully saturated rings. The van der Waals surface area contributed by atoms with Gasteiger partial charge in [-0.25, -0.2) is 9.78 Å². The summed E-state index contributed by atoms with van der Waals surface area (Å²) in [5.41, 5.74) is 0.342. The summed E-state index contributed by atoms with van der Waals surface area (Å²) in [6.45, 7) is 3.94. The number of hydrogen-bond acceptors (Lipinski definition) is 7. The molecule has 120 valence electrons. The lowest BCUT2D eigenvalue weighted by Gasteiger charge is -2.10. The van der Waals surface area contributed by atoms with E-state index >= 15 is 0 Å². The molecular formula is C15H20N2O5. The van der Waals surface area contributed by atoms with Crippen molar-refractivity contribution < 1.29 is 23.8 Å². The minimum absolute atomic E-state index is 0.0830. The van der Waals surface area contributed by atoms with Crippen molar-refractivity contribution in [2.75, 3.05) is 25.6 Å². The van der Waals surface area contributed by atoms with Crippen LogP contribution < -0.4 is 10.1 Å². The molecule has 0 aliphatic carbocycles. The van der Waals surface area contributed by atoms with E-state index in [1.165, 1.54) is 19.4 Å². The van der Waals surface area contributed by atoms with Gasteiger partial charge in [0.15, 0.2) is 0 Å². The van der Waals surface area contributed by atoms with Gasteiger partial charge in [0.2, 0.25) is 0 Å². The number of carbonyl (C=O) groups is 2. The quantitative estimate of drug-likeness (QED) is 0.579. The number of carbonyl (C=O) groups excluding carboxylic acids is 2. The maximum absolute atomic E-state index is 11.6. The summed E-state index contributed by atoms with van der Waals surface area (Å²) in [5.74, 6) is 0.0920. The molecule has 0 aromatic carbocycles. The van der Waals surface area contributed by atoms with Crippen LogP contribution in [0.1, 0.15) is 20.3 Å². The van der Waals surface area contributed by atoms with E-state index in [1.807, 2.05) is 0 Å². The first kappa shape index (κ1) is 17.5. The fourth-order valence-corrected chi connectivity index (χ4v) is 1.56. The molecule has 0 saturated heterocycles. The molecule has 0 amide bonds. The lowest BCUT2D eigenvalue weighted by atomic mass is 10.3. The van der Waals surface area contributed by atoms with E-state index in [4.69, 9.17) is 14.2 Å². The largest absolute Gasteiger partial charge is 0.495 e. The number of nitrogens with one attached hydrogen (secondary N) is 1. The predicted molar refractivity (Wildman–Crippen MR) is 80.4 cm³/mol. The van der Waals surface area contributed by atoms with E-state index in [9.17, 15) is 9.59 Å². The van der Waals surface area contributed by atoms with Gasteiger partial charge in [-0.1, -0.05) is 0 Å². The van der Waals surface area contributed by atoms with E-state index in [1.54, 1.807) is 26.0 Å². The number of nitrogens with zero attached hydrogens (tertiary/aromatic N) is 1. The normalized spacial score (nSPS) is 10.8. The van der Waals surface area contributed by atoms with Crippen molar-refractivity contribution in [2.45, 2.75) is 20.3 Å². The van der Waals surface area contributed by atoms with Crippen LogP contribution in [0.3, 0.4) is 0 Å². The molecule has 1 aromatic heterocycles. The van der Waals surface area contributed by atoms with Crippen LogP contribution in [0.2, 0.25) is 0 Å². The van der Waals surface area contributed by atoms with Gasteiger partial charge in [-0.05, 0) is 26.0 Å². The molecule has 1 N–H and O–H groups in total. The van der Waals surface area contributed by atoms with Crippen LogP contribution in [0, 0.1) is 0 Å². The molecule has 7 nitrogen and oxygen atoms in total. The maximum atomic E-state index is 11.6. The minimum Gasteiger partial charge on any atom is -0.495 e. The molecule has 0 unspecified atom stereocenters. The number of aromatic nitrogens is 1. The Labute approximate surface area is 129 Å². The molecule has 1 heterocycles. The Balaban J connectivity index is 2.83. The van der Waals surface area contributed by atoms with Crippen LogP contribution in [0.5, 0.6) is 5.75 Å². The number of ether oxygens (including phenoxy) is 3. The monoisotopic (exact) mass is 308 g/mol. The second-order valence-electron chi connectivity index (χ2n) is 4.11. The zero-order chi connectivity index (χ0) is 16.4. The number of anilines is 1. The van der Waals surface area contributed by atoms with Crippen LogP contribution in [-0.2, 0) is 19.1 Å². The number of esters is 2. The third kappa shape index (κ3) is 6.25. The fourth-order valence-electron chi connectivity index (χ4n) is 1.56. The van der Waals surface area contributed by atoms with Crippen molar-refractivity contribution in [3.05, 3.63) is 30.1 Å². The molecule has 7 heteroatoms. The Morgan fingerprint density at radius 3 is 2.50 bits per heavy atom. The van der Waals surface area contributed by atoms with Crippen LogP contribution in [0.25, 0.3) is 0 Å². The van der Waals surface area contributed by atoms with Gasteiger partial charge < -0.3 is 19.5 Å². The molecule has 0 spiro atoms. The zero-order valence-corrected chi connectivity index (χ0v) is 12.9. The SMILES string of the molecule is CCOC(=O)/C=C(/CC(=O)OCC)Nc1ccc(OC)cn1. The van der Waals surface area contributed by atoms with E-state index in [0.717, 1.165) is 0 Å². The summed E-state index contributed by atoms with van der Waals surface area (Å²) in [7, 11) is 1.54. The summed E-state index contributed by atoms with van der Waals surface area (Å²) in [5, 5.41) is 2.90. The average molecular weight is 308 g/mol. The zero-order valence-electron chi connectivity index (χ0n) is 12.9. The summed E-state index contributed by atoms with van der Waals surface area (Å²) < 4.78 is 14.7. The first-order valence-corrected chi connectivity index (χ1v) is 6.89. The Morgan fingerprint density at radius 1 is 1.23 bits per heavy atom. The van der Waals surface area contributed by atoms with Crippen molar-refractivity contribution in [1.82, 2.24) is 4.98 Å². The van der Waals surface area contributed by atoms with Crippen molar-refractivity contribution in [3.8, 4) is 5.75 Å². The third-order valence-corrected chi connectivity index (χ3v) is 2.48. The second-order valence-corrected chi connectivity index (χ2v) is 4.11. The summed E-state index contributed by atoms with van der Waals surface area (Å²) in [6, 6.07) is 3.38. The number of pyridine rings is 1. The Hall–Kier alpha value is -2.57. The Bertz CT molecular complexity index is 525. The average Bonchev–Trinajstić information content (AvgIpc) is 2.48. The van der Waals surface area contributed by atoms with Gasteiger partial charge in [0.25, 0.3) is 0 Å². The standard InChI is InChI=1S/C15H20N2O5/c1-4-21-14(18)8-11(9-15(19)22-5-2)17-13-7-6-12(20-3)10-16-13/h6-8,10H,4-5,9H2,1-3H3,(H,16,17)/b11-8-. The van der Waals surface area contributed by atoms with Crippen molar-refractivity contribution in [1.29, 1.82) is 0 Å². The van der Waals surface area contributed by atoms with Gasteiger partial charge in [0.05, 0.1) is 32.9 Å². The summed E-state index contributed by atoms with van der Waals surface area (Å²) in [6.07, 6.45) is 2.65. The molecule has 0 radical (unpaired) electrons. The summed E-state index contributed by atoms with van der Waals surface area (Å²) in [4.78, 5) is 27.3. The first-order chi connectivity index (χ1) is 10.6. The minimum atomic E-state index is -0.539. The van der Waals surface area contributed by atoms with Gasteiger partial charge in [-0.2, -0.15) is 0 Å². The van der Waals surface area contributed by atoms with E-state index in [-0.39, 0.29) is 19.6 Å². The molecule has 1 aromatic rings. The molecule has 0 bridgehead atoms. The summed E-state index contributed by atoms with van der Waals surface area (Å²) >= 11 is 0. The molecule has 0 aliphatic heterocycles. The predicted octanol–water partition coefficient (Wildman–Crippen LogP) is 1.90. The highest BCUT2D eigenvalue weighted by Gasteiger charge is 2.10.